The summed E-state index contributed by atoms with van der Waals surface area (Å²) in [6, 6.07) is 5.85. The second-order valence-corrected chi connectivity index (χ2v) is 5.80. The molecule has 1 aliphatic heterocycles. The molecule has 0 aromatic carbocycles. The lowest BCUT2D eigenvalue weighted by Gasteiger charge is -2.35. The summed E-state index contributed by atoms with van der Waals surface area (Å²) in [6.07, 6.45) is 2.14. The van der Waals surface area contributed by atoms with Crippen molar-refractivity contribution in [1.29, 1.82) is 0 Å². The Bertz CT molecular complexity index is 530. The smallest absolute Gasteiger partial charge is 0.224 e. The first kappa shape index (κ1) is 18.2. The highest BCUT2D eigenvalue weighted by Gasteiger charge is 2.22. The van der Waals surface area contributed by atoms with Crippen molar-refractivity contribution in [3.8, 4) is 0 Å². The Balaban J connectivity index is 1.77. The van der Waals surface area contributed by atoms with E-state index >= 15 is 0 Å². The molecule has 0 bridgehead atoms. The van der Waals surface area contributed by atoms with Gasteiger partial charge in [0.05, 0.1) is 6.61 Å². The van der Waals surface area contributed by atoms with Crippen molar-refractivity contribution < 1.29 is 14.3 Å². The average molecular weight is 334 g/mol. The number of aromatic nitrogens is 1. The second-order valence-electron chi connectivity index (χ2n) is 5.80. The molecular weight excluding hydrogens is 308 g/mol. The number of pyridine rings is 1. The van der Waals surface area contributed by atoms with Crippen LogP contribution < -0.4 is 4.90 Å². The van der Waals surface area contributed by atoms with Gasteiger partial charge in [-0.15, -0.1) is 0 Å². The number of ether oxygens (including phenoxy) is 1. The number of piperazine rings is 1. The first-order chi connectivity index (χ1) is 11.6. The van der Waals surface area contributed by atoms with Crippen molar-refractivity contribution >= 4 is 17.6 Å². The van der Waals surface area contributed by atoms with Gasteiger partial charge in [-0.2, -0.15) is 0 Å². The quantitative estimate of drug-likeness (QED) is 0.731. The molecule has 1 fully saturated rings. The van der Waals surface area contributed by atoms with E-state index in [1.54, 1.807) is 18.2 Å². The summed E-state index contributed by atoms with van der Waals surface area (Å²) in [6.45, 7) is 5.90. The van der Waals surface area contributed by atoms with Crippen LogP contribution in [0.1, 0.15) is 13.3 Å². The highest BCUT2D eigenvalue weighted by Crippen LogP contribution is 2.13. The van der Waals surface area contributed by atoms with E-state index in [0.29, 0.717) is 39.2 Å². The normalized spacial score (nSPS) is 14.6. The number of rotatable bonds is 7. The third kappa shape index (κ3) is 5.19. The minimum absolute atomic E-state index is 0.0279. The van der Waals surface area contributed by atoms with Gasteiger partial charge in [0.15, 0.2) is 0 Å². The van der Waals surface area contributed by atoms with E-state index in [1.807, 2.05) is 23.1 Å². The first-order valence-corrected chi connectivity index (χ1v) is 8.30. The molecule has 0 saturated carbocycles. The van der Waals surface area contributed by atoms with Gasteiger partial charge in [0.25, 0.3) is 0 Å². The number of nitrogens with zero attached hydrogens (tertiary/aromatic N) is 4. The number of carbonyl (C=O) groups is 2. The summed E-state index contributed by atoms with van der Waals surface area (Å²) in [5.74, 6) is 1.02. The number of hydrogen-bond donors (Lipinski definition) is 0. The standard InChI is InChI=1S/C17H26N4O3/c1-15(22)19(13-14-24-2)8-6-17(23)21-11-9-20(10-12-21)16-5-3-4-7-18-16/h3-5,7H,6,8-14H2,1-2H3. The predicted octanol–water partition coefficient (Wildman–Crippen LogP) is 0.615. The van der Waals surface area contributed by atoms with Gasteiger partial charge in [-0.25, -0.2) is 4.98 Å². The molecule has 24 heavy (non-hydrogen) atoms. The van der Waals surface area contributed by atoms with Crippen LogP contribution in [-0.2, 0) is 14.3 Å². The molecule has 1 aromatic rings. The van der Waals surface area contributed by atoms with Crippen LogP contribution in [0.15, 0.2) is 24.4 Å². The minimum atomic E-state index is -0.0279. The lowest BCUT2D eigenvalue weighted by atomic mass is 10.2. The molecule has 1 aromatic heterocycles. The minimum Gasteiger partial charge on any atom is -0.383 e. The monoisotopic (exact) mass is 334 g/mol. The summed E-state index contributed by atoms with van der Waals surface area (Å²) < 4.78 is 5.00. The van der Waals surface area contributed by atoms with Crippen LogP contribution in [0.5, 0.6) is 0 Å². The maximum Gasteiger partial charge on any atom is 0.224 e. The molecule has 1 aliphatic rings. The molecule has 2 heterocycles. The van der Waals surface area contributed by atoms with Crippen molar-refractivity contribution in [1.82, 2.24) is 14.8 Å². The Morgan fingerprint density at radius 2 is 1.96 bits per heavy atom. The molecule has 7 heteroatoms. The largest absolute Gasteiger partial charge is 0.383 e. The van der Waals surface area contributed by atoms with E-state index in [-0.39, 0.29) is 11.8 Å². The van der Waals surface area contributed by atoms with Crippen LogP contribution in [0.25, 0.3) is 0 Å². The molecule has 0 spiro atoms. The number of amides is 2. The van der Waals surface area contributed by atoms with Crippen LogP contribution in [0.4, 0.5) is 5.82 Å². The van der Waals surface area contributed by atoms with Crippen LogP contribution >= 0.6 is 0 Å². The molecule has 0 atom stereocenters. The van der Waals surface area contributed by atoms with Crippen LogP contribution in [0.2, 0.25) is 0 Å². The van der Waals surface area contributed by atoms with Gasteiger partial charge in [0, 0.05) is 65.9 Å². The average Bonchev–Trinajstić information content (AvgIpc) is 2.62. The second kappa shape index (κ2) is 9.22. The maximum absolute atomic E-state index is 12.4. The first-order valence-electron chi connectivity index (χ1n) is 8.30. The zero-order valence-electron chi connectivity index (χ0n) is 14.5. The van der Waals surface area contributed by atoms with Crippen LogP contribution in [0, 0.1) is 0 Å². The molecule has 0 unspecified atom stereocenters. The van der Waals surface area contributed by atoms with Crippen LogP contribution in [0.3, 0.4) is 0 Å². The Kier molecular flexibility index (Phi) is 6.99. The summed E-state index contributed by atoms with van der Waals surface area (Å²) in [7, 11) is 1.60. The van der Waals surface area contributed by atoms with Crippen molar-refractivity contribution in [2.45, 2.75) is 13.3 Å². The fraction of sp³-hybridized carbons (Fsp3) is 0.588. The Labute approximate surface area is 143 Å². The van der Waals surface area contributed by atoms with E-state index in [1.165, 1.54) is 6.92 Å². The van der Waals surface area contributed by atoms with E-state index in [2.05, 4.69) is 9.88 Å². The van der Waals surface area contributed by atoms with Gasteiger partial charge in [0.2, 0.25) is 11.8 Å². The molecule has 0 aliphatic carbocycles. The van der Waals surface area contributed by atoms with E-state index in [9.17, 15) is 9.59 Å². The lowest BCUT2D eigenvalue weighted by Crippen LogP contribution is -2.49. The van der Waals surface area contributed by atoms with E-state index < -0.39 is 0 Å². The van der Waals surface area contributed by atoms with Gasteiger partial charge < -0.3 is 19.4 Å². The third-order valence-electron chi connectivity index (χ3n) is 4.21. The summed E-state index contributed by atoms with van der Waals surface area (Å²) in [4.78, 5) is 34.0. The number of anilines is 1. The van der Waals surface area contributed by atoms with E-state index in [4.69, 9.17) is 4.74 Å². The summed E-state index contributed by atoms with van der Waals surface area (Å²) in [5.41, 5.74) is 0. The van der Waals surface area contributed by atoms with Crippen molar-refractivity contribution in [3.05, 3.63) is 24.4 Å². The molecule has 0 radical (unpaired) electrons. The predicted molar refractivity (Wildman–Crippen MR) is 91.8 cm³/mol. The molecule has 7 nitrogen and oxygen atoms in total. The number of methoxy groups -OCH3 is 1. The van der Waals surface area contributed by atoms with E-state index in [0.717, 1.165) is 18.9 Å². The molecular formula is C17H26N4O3. The Morgan fingerprint density at radius 3 is 2.54 bits per heavy atom. The highest BCUT2D eigenvalue weighted by molar-refractivity contribution is 5.78. The summed E-state index contributed by atoms with van der Waals surface area (Å²) in [5, 5.41) is 0. The van der Waals surface area contributed by atoms with Crippen molar-refractivity contribution in [3.63, 3.8) is 0 Å². The Morgan fingerprint density at radius 1 is 1.21 bits per heavy atom. The number of carbonyl (C=O) groups excluding carboxylic acids is 2. The number of hydrogen-bond acceptors (Lipinski definition) is 5. The lowest BCUT2D eigenvalue weighted by molar-refractivity contribution is -0.134. The zero-order chi connectivity index (χ0) is 17.4. The van der Waals surface area contributed by atoms with Crippen molar-refractivity contribution in [2.75, 3.05) is 57.9 Å². The van der Waals surface area contributed by atoms with Gasteiger partial charge in [-0.3, -0.25) is 9.59 Å². The molecule has 0 N–H and O–H groups in total. The highest BCUT2D eigenvalue weighted by atomic mass is 16.5. The Hall–Kier alpha value is -2.15. The molecule has 2 rings (SSSR count). The van der Waals surface area contributed by atoms with Gasteiger partial charge in [0.1, 0.15) is 5.82 Å². The van der Waals surface area contributed by atoms with Crippen LogP contribution in [-0.4, -0.2) is 79.6 Å². The van der Waals surface area contributed by atoms with Gasteiger partial charge in [-0.1, -0.05) is 6.07 Å². The summed E-state index contributed by atoms with van der Waals surface area (Å²) >= 11 is 0. The molecule has 132 valence electrons. The maximum atomic E-state index is 12.4. The van der Waals surface area contributed by atoms with Gasteiger partial charge >= 0.3 is 0 Å². The zero-order valence-corrected chi connectivity index (χ0v) is 14.5. The fourth-order valence-corrected chi connectivity index (χ4v) is 2.74. The van der Waals surface area contributed by atoms with Gasteiger partial charge in [-0.05, 0) is 12.1 Å². The topological polar surface area (TPSA) is 66.0 Å². The third-order valence-corrected chi connectivity index (χ3v) is 4.21. The fourth-order valence-electron chi connectivity index (χ4n) is 2.74. The SMILES string of the molecule is COCCN(CCC(=O)N1CCN(c2ccccn2)CC1)C(C)=O. The molecule has 1 saturated heterocycles. The van der Waals surface area contributed by atoms with Crippen molar-refractivity contribution in [2.24, 2.45) is 0 Å². The molecule has 2 amide bonds.